The number of carbonyl (C=O) groups is 2. The number of piperidine rings is 1. The number of sulfonamides is 1. The smallest absolute Gasteiger partial charge is 0.322 e. The van der Waals surface area contributed by atoms with E-state index in [1.54, 1.807) is 12.1 Å². The summed E-state index contributed by atoms with van der Waals surface area (Å²) < 4.78 is 45.4. The van der Waals surface area contributed by atoms with Crippen LogP contribution >= 0.6 is 0 Å². The third-order valence-electron chi connectivity index (χ3n) is 4.48. The zero-order valence-electron chi connectivity index (χ0n) is 14.2. The van der Waals surface area contributed by atoms with E-state index in [1.165, 1.54) is 23.4 Å². The molecular weight excluding hydrogens is 365 g/mol. The molecule has 0 spiro atoms. The molecule has 0 bridgehead atoms. The van der Waals surface area contributed by atoms with Crippen molar-refractivity contribution in [3.8, 4) is 5.75 Å². The summed E-state index contributed by atoms with van der Waals surface area (Å²) in [6.07, 6.45) is 0.684. The number of carbonyl (C=O) groups excluding carboxylic acids is 2. The molecule has 2 saturated heterocycles. The molecule has 0 aliphatic carbocycles. The van der Waals surface area contributed by atoms with Gasteiger partial charge in [0.1, 0.15) is 23.2 Å². The number of nitrogens with zero attached hydrogens (tertiary/aromatic N) is 1. The molecule has 2 N–H and O–H groups in total. The van der Waals surface area contributed by atoms with E-state index in [4.69, 9.17) is 4.74 Å². The first-order valence-electron chi connectivity index (χ1n) is 8.22. The Bertz CT molecular complexity index is 823. The quantitative estimate of drug-likeness (QED) is 0.722. The Morgan fingerprint density at radius 1 is 1.31 bits per heavy atom. The van der Waals surface area contributed by atoms with Crippen LogP contribution in [0, 0.1) is 5.82 Å². The SMILES string of the molecule is CC1(CS(=O)(=O)N2CCC(Oc3cccc(F)c3)CC2)NC(=O)NC1=O. The maximum atomic E-state index is 13.2. The van der Waals surface area contributed by atoms with Crippen molar-refractivity contribution in [1.82, 2.24) is 14.9 Å². The van der Waals surface area contributed by atoms with Crippen LogP contribution in [0.2, 0.25) is 0 Å². The number of nitrogens with one attached hydrogen (secondary N) is 2. The monoisotopic (exact) mass is 385 g/mol. The van der Waals surface area contributed by atoms with Crippen LogP contribution in [-0.4, -0.2) is 55.1 Å². The molecule has 1 atom stereocenters. The van der Waals surface area contributed by atoms with Crippen molar-refractivity contribution >= 4 is 22.0 Å². The predicted octanol–water partition coefficient (Wildman–Crippen LogP) is 0.597. The number of urea groups is 1. The average molecular weight is 385 g/mol. The molecule has 10 heteroatoms. The first kappa shape index (κ1) is 18.6. The molecule has 2 aliphatic heterocycles. The van der Waals surface area contributed by atoms with Crippen molar-refractivity contribution < 1.29 is 27.1 Å². The maximum Gasteiger partial charge on any atom is 0.322 e. The van der Waals surface area contributed by atoms with Crippen molar-refractivity contribution in [2.45, 2.75) is 31.4 Å². The molecule has 2 aliphatic rings. The summed E-state index contributed by atoms with van der Waals surface area (Å²) in [5.41, 5.74) is -1.48. The van der Waals surface area contributed by atoms with Gasteiger partial charge in [0.25, 0.3) is 5.91 Å². The summed E-state index contributed by atoms with van der Waals surface area (Å²) >= 11 is 0. The maximum absolute atomic E-state index is 13.2. The van der Waals surface area contributed by atoms with Crippen molar-refractivity contribution in [1.29, 1.82) is 0 Å². The van der Waals surface area contributed by atoms with Crippen LogP contribution in [0.15, 0.2) is 24.3 Å². The summed E-state index contributed by atoms with van der Waals surface area (Å²) in [7, 11) is -3.74. The van der Waals surface area contributed by atoms with Crippen LogP contribution in [0.4, 0.5) is 9.18 Å². The molecule has 0 aromatic heterocycles. The molecular formula is C16H20FN3O5S. The van der Waals surface area contributed by atoms with Gasteiger partial charge in [-0.1, -0.05) is 6.07 Å². The van der Waals surface area contributed by atoms with Gasteiger partial charge in [-0.05, 0) is 31.9 Å². The lowest BCUT2D eigenvalue weighted by molar-refractivity contribution is -0.122. The van der Waals surface area contributed by atoms with Crippen LogP contribution in [0.5, 0.6) is 5.75 Å². The Morgan fingerprint density at radius 3 is 2.58 bits per heavy atom. The third kappa shape index (κ3) is 3.96. The van der Waals surface area contributed by atoms with E-state index in [2.05, 4.69) is 5.32 Å². The van der Waals surface area contributed by atoms with E-state index in [0.717, 1.165) is 0 Å². The van der Waals surface area contributed by atoms with Gasteiger partial charge in [-0.25, -0.2) is 21.9 Å². The Labute approximate surface area is 150 Å². The second-order valence-corrected chi connectivity index (χ2v) is 8.64. The zero-order chi connectivity index (χ0) is 18.9. The molecule has 1 aromatic carbocycles. The van der Waals surface area contributed by atoms with Crippen LogP contribution in [-0.2, 0) is 14.8 Å². The van der Waals surface area contributed by atoms with Crippen LogP contribution in [0.1, 0.15) is 19.8 Å². The zero-order valence-corrected chi connectivity index (χ0v) is 15.0. The van der Waals surface area contributed by atoms with Gasteiger partial charge in [0, 0.05) is 19.2 Å². The number of rotatable bonds is 5. The highest BCUT2D eigenvalue weighted by molar-refractivity contribution is 7.89. The highest BCUT2D eigenvalue weighted by Crippen LogP contribution is 2.23. The Hall–Kier alpha value is -2.20. The van der Waals surface area contributed by atoms with Gasteiger partial charge in [-0.15, -0.1) is 0 Å². The molecule has 26 heavy (non-hydrogen) atoms. The summed E-state index contributed by atoms with van der Waals surface area (Å²) in [5.74, 6) is -1.15. The van der Waals surface area contributed by atoms with Gasteiger partial charge in [0.15, 0.2) is 0 Å². The number of benzene rings is 1. The van der Waals surface area contributed by atoms with E-state index in [9.17, 15) is 22.4 Å². The Kier molecular flexibility index (Phi) is 4.89. The summed E-state index contributed by atoms with van der Waals surface area (Å²) in [5, 5.41) is 4.41. The Balaban J connectivity index is 1.58. The minimum absolute atomic E-state index is 0.215. The van der Waals surface area contributed by atoms with Gasteiger partial charge in [0.05, 0.1) is 5.75 Å². The molecule has 1 unspecified atom stereocenters. The van der Waals surface area contributed by atoms with Crippen molar-refractivity contribution in [2.75, 3.05) is 18.8 Å². The van der Waals surface area contributed by atoms with E-state index < -0.39 is 39.1 Å². The van der Waals surface area contributed by atoms with E-state index >= 15 is 0 Å². The van der Waals surface area contributed by atoms with E-state index in [0.29, 0.717) is 18.6 Å². The standard InChI is InChI=1S/C16H20FN3O5S/c1-16(14(21)18-15(22)19-16)10-26(23,24)20-7-5-12(6-8-20)25-13-4-2-3-11(17)9-13/h2-4,9,12H,5-8,10H2,1H3,(H2,18,19,21,22). The molecule has 3 amide bonds. The molecule has 8 nitrogen and oxygen atoms in total. The fraction of sp³-hybridized carbons (Fsp3) is 0.500. The van der Waals surface area contributed by atoms with Gasteiger partial charge in [0.2, 0.25) is 10.0 Å². The fourth-order valence-electron chi connectivity index (χ4n) is 3.10. The minimum atomic E-state index is -3.74. The second-order valence-electron chi connectivity index (χ2n) is 6.67. The largest absolute Gasteiger partial charge is 0.490 e. The third-order valence-corrected chi connectivity index (χ3v) is 6.58. The second kappa shape index (κ2) is 6.84. The van der Waals surface area contributed by atoms with Crippen LogP contribution < -0.4 is 15.4 Å². The lowest BCUT2D eigenvalue weighted by Gasteiger charge is -2.33. The van der Waals surface area contributed by atoms with Crippen LogP contribution in [0.25, 0.3) is 0 Å². The summed E-state index contributed by atoms with van der Waals surface area (Å²) in [6, 6.07) is 5.10. The van der Waals surface area contributed by atoms with Crippen molar-refractivity contribution in [3.63, 3.8) is 0 Å². The number of amides is 3. The van der Waals surface area contributed by atoms with Crippen molar-refractivity contribution in [3.05, 3.63) is 30.1 Å². The van der Waals surface area contributed by atoms with Crippen LogP contribution in [0.3, 0.4) is 0 Å². The number of ether oxygens (including phenoxy) is 1. The van der Waals surface area contributed by atoms with E-state index in [1.807, 2.05) is 5.32 Å². The molecule has 0 saturated carbocycles. The van der Waals surface area contributed by atoms with Gasteiger partial charge >= 0.3 is 6.03 Å². The first-order valence-corrected chi connectivity index (χ1v) is 9.82. The normalized spacial score (nSPS) is 25.0. The molecule has 2 heterocycles. The number of hydrogen-bond donors (Lipinski definition) is 2. The Morgan fingerprint density at radius 2 is 2.00 bits per heavy atom. The van der Waals surface area contributed by atoms with Crippen molar-refractivity contribution in [2.24, 2.45) is 0 Å². The van der Waals surface area contributed by atoms with E-state index in [-0.39, 0.29) is 19.2 Å². The summed E-state index contributed by atoms with van der Waals surface area (Å²) in [6.45, 7) is 1.84. The predicted molar refractivity (Wildman–Crippen MR) is 90.5 cm³/mol. The topological polar surface area (TPSA) is 105 Å². The molecule has 2 fully saturated rings. The molecule has 1 aromatic rings. The highest BCUT2D eigenvalue weighted by Gasteiger charge is 2.46. The number of hydrogen-bond acceptors (Lipinski definition) is 5. The lowest BCUT2D eigenvalue weighted by atomic mass is 10.1. The van der Waals surface area contributed by atoms with Gasteiger partial charge in [-0.3, -0.25) is 10.1 Å². The molecule has 0 radical (unpaired) electrons. The van der Waals surface area contributed by atoms with Gasteiger partial charge in [-0.2, -0.15) is 0 Å². The minimum Gasteiger partial charge on any atom is -0.490 e. The summed E-state index contributed by atoms with van der Waals surface area (Å²) in [4.78, 5) is 23.1. The molecule has 3 rings (SSSR count). The fourth-order valence-corrected chi connectivity index (χ4v) is 4.98. The highest BCUT2D eigenvalue weighted by atomic mass is 32.2. The number of halogens is 1. The van der Waals surface area contributed by atoms with Gasteiger partial charge < -0.3 is 10.1 Å². The molecule has 142 valence electrons. The first-order chi connectivity index (χ1) is 12.2. The average Bonchev–Trinajstić information content (AvgIpc) is 2.79. The number of imide groups is 1. The lowest BCUT2D eigenvalue weighted by Crippen LogP contribution is -2.53.